The second kappa shape index (κ2) is 17.9. The van der Waals surface area contributed by atoms with E-state index < -0.39 is 0 Å². The molecule has 8 heteroatoms. The molecule has 0 bridgehead atoms. The highest BCUT2D eigenvalue weighted by atomic mass is 15.0. The van der Waals surface area contributed by atoms with Gasteiger partial charge in [-0.25, -0.2) is 19.8 Å². The number of nitriles is 2. The Kier molecular flexibility index (Phi) is 10.5. The Bertz CT molecular complexity index is 4430. The largest absolute Gasteiger partial charge is 0.309 e. The van der Waals surface area contributed by atoms with Crippen molar-refractivity contribution in [1.29, 1.82) is 10.5 Å². The second-order valence-electron chi connectivity index (χ2n) is 18.1. The Morgan fingerprint density at radius 3 is 1.32 bits per heavy atom. The van der Waals surface area contributed by atoms with E-state index in [0.29, 0.717) is 34.3 Å². The molecule has 0 aliphatic heterocycles. The van der Waals surface area contributed by atoms with Gasteiger partial charge >= 0.3 is 0 Å². The highest BCUT2D eigenvalue weighted by molar-refractivity contribution is 6.13. The maximum absolute atomic E-state index is 10.6. The van der Waals surface area contributed by atoms with Gasteiger partial charge < -0.3 is 9.13 Å². The van der Waals surface area contributed by atoms with Crippen molar-refractivity contribution in [2.45, 2.75) is 0 Å². The molecule has 10 aromatic carbocycles. The fraction of sp³-hybridized carbons (Fsp3) is 0. The van der Waals surface area contributed by atoms with Gasteiger partial charge in [0.1, 0.15) is 0 Å². The number of rotatable bonds is 8. The van der Waals surface area contributed by atoms with Gasteiger partial charge in [-0.15, -0.1) is 0 Å². The molecule has 0 atom stereocenters. The predicted octanol–water partition coefficient (Wildman–Crippen LogP) is 16.4. The van der Waals surface area contributed by atoms with E-state index in [1.807, 2.05) is 121 Å². The number of fused-ring (bicyclic) bond motifs is 6. The summed E-state index contributed by atoms with van der Waals surface area (Å²) in [6.45, 7) is 7.52. The molecule has 0 N–H and O–H groups in total. The molecule has 0 spiro atoms. The predicted molar refractivity (Wildman–Crippen MR) is 297 cm³/mol. The average Bonchev–Trinajstić information content (AvgIpc) is 4.01. The SMILES string of the molecule is [C-]#[N+]c1ccc(-c2ccc3c(c2)c2ccccc2n3-c2ccc(-c3nc(-c4ccccc4)nc(-c4ccccc4)n3)cc2-c2ccc(C#N)cc2-n2c3ccccc3c3cc(-c4ccc(C#N)cc4)ccc32)cc1. The van der Waals surface area contributed by atoms with Crippen LogP contribution in [0.5, 0.6) is 0 Å². The summed E-state index contributed by atoms with van der Waals surface area (Å²) >= 11 is 0. The smallest absolute Gasteiger partial charge is 0.187 e. The van der Waals surface area contributed by atoms with E-state index in [2.05, 4.69) is 135 Å². The van der Waals surface area contributed by atoms with E-state index in [4.69, 9.17) is 21.5 Å². The van der Waals surface area contributed by atoms with Gasteiger partial charge in [0.2, 0.25) is 0 Å². The lowest BCUT2D eigenvalue weighted by Gasteiger charge is -2.20. The molecule has 74 heavy (non-hydrogen) atoms. The van der Waals surface area contributed by atoms with Crippen molar-refractivity contribution in [3.05, 3.63) is 253 Å². The number of hydrogen-bond donors (Lipinski definition) is 0. The normalized spacial score (nSPS) is 11.2. The van der Waals surface area contributed by atoms with Crippen LogP contribution in [0.4, 0.5) is 5.69 Å². The molecule has 13 rings (SSSR count). The minimum atomic E-state index is 0.518. The van der Waals surface area contributed by atoms with Crippen molar-refractivity contribution in [3.8, 4) is 91.1 Å². The van der Waals surface area contributed by atoms with Crippen LogP contribution in [-0.4, -0.2) is 24.1 Å². The van der Waals surface area contributed by atoms with Gasteiger partial charge in [0.25, 0.3) is 0 Å². The third-order valence-corrected chi connectivity index (χ3v) is 13.9. The van der Waals surface area contributed by atoms with Crippen LogP contribution in [0.25, 0.3) is 127 Å². The summed E-state index contributed by atoms with van der Waals surface area (Å²) in [5.74, 6) is 1.64. The molecule has 3 heterocycles. The van der Waals surface area contributed by atoms with E-state index in [1.165, 1.54) is 0 Å². The van der Waals surface area contributed by atoms with E-state index in [1.54, 1.807) is 0 Å². The molecule has 0 aliphatic rings. The Labute approximate surface area is 426 Å². The summed E-state index contributed by atoms with van der Waals surface area (Å²) < 4.78 is 4.62. The van der Waals surface area contributed by atoms with E-state index >= 15 is 0 Å². The lowest BCUT2D eigenvalue weighted by atomic mass is 9.96. The second-order valence-corrected chi connectivity index (χ2v) is 18.1. The molecular formula is C66H38N8. The Morgan fingerprint density at radius 2 is 0.784 bits per heavy atom. The first-order valence-corrected chi connectivity index (χ1v) is 24.1. The molecule has 0 aliphatic carbocycles. The first-order valence-electron chi connectivity index (χ1n) is 24.1. The van der Waals surface area contributed by atoms with Gasteiger partial charge in [-0.3, -0.25) is 0 Å². The maximum Gasteiger partial charge on any atom is 0.187 e. The van der Waals surface area contributed by atoms with Crippen molar-refractivity contribution >= 4 is 49.3 Å². The molecule has 13 aromatic rings. The Balaban J connectivity index is 1.09. The van der Waals surface area contributed by atoms with Crippen molar-refractivity contribution in [3.63, 3.8) is 0 Å². The molecular weight excluding hydrogens is 905 g/mol. The van der Waals surface area contributed by atoms with Crippen LogP contribution in [0.1, 0.15) is 11.1 Å². The summed E-state index contributed by atoms with van der Waals surface area (Å²) in [5.41, 5.74) is 15.9. The lowest BCUT2D eigenvalue weighted by molar-refractivity contribution is 1.07. The molecule has 0 unspecified atom stereocenters. The first kappa shape index (κ1) is 43.3. The van der Waals surface area contributed by atoms with Crippen LogP contribution in [-0.2, 0) is 0 Å². The van der Waals surface area contributed by atoms with Crippen LogP contribution >= 0.6 is 0 Å². The van der Waals surface area contributed by atoms with E-state index in [9.17, 15) is 10.5 Å². The highest BCUT2D eigenvalue weighted by Crippen LogP contribution is 2.44. The minimum Gasteiger partial charge on any atom is -0.309 e. The number of para-hydroxylation sites is 2. The van der Waals surface area contributed by atoms with Gasteiger partial charge in [0, 0.05) is 49.4 Å². The van der Waals surface area contributed by atoms with Crippen LogP contribution in [0, 0.1) is 29.2 Å². The van der Waals surface area contributed by atoms with Crippen LogP contribution < -0.4 is 0 Å². The fourth-order valence-electron chi connectivity index (χ4n) is 10.3. The Hall–Kier alpha value is -10.7. The molecule has 0 saturated heterocycles. The molecule has 342 valence electrons. The number of nitrogens with zero attached hydrogens (tertiary/aromatic N) is 8. The quantitative estimate of drug-likeness (QED) is 0.141. The molecule has 0 saturated carbocycles. The van der Waals surface area contributed by atoms with Crippen molar-refractivity contribution in [1.82, 2.24) is 24.1 Å². The zero-order valence-electron chi connectivity index (χ0n) is 39.5. The standard InChI is InChI=1S/C66H38N8/c1-69-51-30-25-45(26-31-51)49-27-33-60-55(38-49)52-16-8-10-18-58(52)73(60)61-35-29-50(66-71-64(46-12-4-2-5-13-46)70-65(72-66)47-14-6-3-7-15-47)39-57(61)54-32-22-43(41-68)36-63(54)74-59-19-11-9-17-53(59)56-37-48(28-34-62(56)74)44-23-20-42(40-67)21-24-44/h2-39H. The summed E-state index contributed by atoms with van der Waals surface area (Å²) in [6.07, 6.45) is 0. The van der Waals surface area contributed by atoms with Gasteiger partial charge in [0.05, 0.1) is 63.3 Å². The minimum absolute atomic E-state index is 0.518. The molecule has 3 aromatic heterocycles. The van der Waals surface area contributed by atoms with Crippen molar-refractivity contribution < 1.29 is 0 Å². The first-order chi connectivity index (χ1) is 36.5. The zero-order valence-corrected chi connectivity index (χ0v) is 39.5. The molecule has 0 amide bonds. The Morgan fingerprint density at radius 1 is 0.338 bits per heavy atom. The van der Waals surface area contributed by atoms with Crippen LogP contribution in [0.2, 0.25) is 0 Å². The van der Waals surface area contributed by atoms with Gasteiger partial charge in [0.15, 0.2) is 23.2 Å². The number of aromatic nitrogens is 5. The van der Waals surface area contributed by atoms with E-state index in [-0.39, 0.29) is 0 Å². The maximum atomic E-state index is 10.6. The van der Waals surface area contributed by atoms with Gasteiger partial charge in [-0.05, 0) is 101 Å². The van der Waals surface area contributed by atoms with Gasteiger partial charge in [-0.2, -0.15) is 10.5 Å². The monoisotopic (exact) mass is 942 g/mol. The zero-order chi connectivity index (χ0) is 49.7. The third-order valence-electron chi connectivity index (χ3n) is 13.9. The summed E-state index contributed by atoms with van der Waals surface area (Å²) in [5, 5.41) is 24.5. The highest BCUT2D eigenvalue weighted by Gasteiger charge is 2.23. The number of hydrogen-bond acceptors (Lipinski definition) is 5. The summed E-state index contributed by atoms with van der Waals surface area (Å²) in [4.78, 5) is 19.0. The van der Waals surface area contributed by atoms with Crippen LogP contribution in [0.3, 0.4) is 0 Å². The molecule has 0 radical (unpaired) electrons. The average molecular weight is 943 g/mol. The van der Waals surface area contributed by atoms with E-state index in [0.717, 1.165) is 105 Å². The van der Waals surface area contributed by atoms with Gasteiger partial charge in [-0.1, -0.05) is 152 Å². The topological polar surface area (TPSA) is 100 Å². The van der Waals surface area contributed by atoms with Crippen molar-refractivity contribution in [2.24, 2.45) is 0 Å². The third kappa shape index (κ3) is 7.42. The molecule has 0 fully saturated rings. The van der Waals surface area contributed by atoms with Crippen LogP contribution in [0.15, 0.2) is 231 Å². The molecule has 8 nitrogen and oxygen atoms in total. The summed E-state index contributed by atoms with van der Waals surface area (Å²) in [7, 11) is 0. The summed E-state index contributed by atoms with van der Waals surface area (Å²) in [6, 6.07) is 82.5. The van der Waals surface area contributed by atoms with Crippen molar-refractivity contribution in [2.75, 3.05) is 0 Å². The lowest BCUT2D eigenvalue weighted by Crippen LogP contribution is -2.04. The number of benzene rings is 10. The fourth-order valence-corrected chi connectivity index (χ4v) is 10.3.